The van der Waals surface area contributed by atoms with Crippen molar-refractivity contribution < 1.29 is 38.1 Å². The number of hydrogen-bond acceptors (Lipinski definition) is 11. The zero-order valence-electron chi connectivity index (χ0n) is 22.7. The normalized spacial score (nSPS) is 24.9. The highest BCUT2D eigenvalue weighted by Crippen LogP contribution is 2.47. The lowest BCUT2D eigenvalue weighted by atomic mass is 9.96. The van der Waals surface area contributed by atoms with E-state index in [-0.39, 0.29) is 24.1 Å². The van der Waals surface area contributed by atoms with E-state index >= 15 is 0 Å². The van der Waals surface area contributed by atoms with Crippen LogP contribution in [0.25, 0.3) is 0 Å². The predicted molar refractivity (Wildman–Crippen MR) is 147 cm³/mol. The minimum Gasteiger partial charge on any atom is -0.464 e. The Balaban J connectivity index is 1.77. The Kier molecular flexibility index (Phi) is 10.8. The average molecular weight is 603 g/mol. The topological polar surface area (TPSA) is 184 Å². The Labute approximate surface area is 237 Å². The van der Waals surface area contributed by atoms with Crippen LogP contribution in [0, 0.1) is 5.92 Å². The number of anilines is 1. The van der Waals surface area contributed by atoms with Gasteiger partial charge in [0.05, 0.1) is 13.2 Å². The first-order chi connectivity index (χ1) is 18.8. The van der Waals surface area contributed by atoms with Crippen LogP contribution in [-0.4, -0.2) is 62.8 Å². The second-order valence-electron chi connectivity index (χ2n) is 9.74. The summed E-state index contributed by atoms with van der Waals surface area (Å²) in [4.78, 5) is 28.6. The zero-order valence-corrected chi connectivity index (χ0v) is 24.4. The highest BCUT2D eigenvalue weighted by atomic mass is 35.5. The maximum atomic E-state index is 13.8. The molecule has 2 aromatic rings. The highest BCUT2D eigenvalue weighted by Gasteiger charge is 2.54. The Bertz CT molecular complexity index is 1260. The van der Waals surface area contributed by atoms with Gasteiger partial charge >= 0.3 is 19.4 Å². The van der Waals surface area contributed by atoms with Crippen molar-refractivity contribution in [3.05, 3.63) is 52.0 Å². The number of rotatable bonds is 13. The number of carbonyl (C=O) groups excluding carboxylic acids is 1. The van der Waals surface area contributed by atoms with E-state index in [1.165, 1.54) is 50.4 Å². The molecule has 1 aliphatic heterocycles. The number of nitrogens with two attached hydrogens (primary N) is 1. The molecule has 13 nitrogen and oxygen atoms in total. The van der Waals surface area contributed by atoms with Crippen LogP contribution >= 0.6 is 19.3 Å². The molecule has 2 unspecified atom stereocenters. The summed E-state index contributed by atoms with van der Waals surface area (Å²) in [5, 5.41) is 24.7. The number of nitrogens with zero attached hydrogens (tertiary/aromatic N) is 2. The third-order valence-electron chi connectivity index (χ3n) is 6.63. The monoisotopic (exact) mass is 602 g/mol. The van der Waals surface area contributed by atoms with Crippen molar-refractivity contribution in [3.63, 3.8) is 0 Å². The van der Waals surface area contributed by atoms with Gasteiger partial charge in [0.25, 0.3) is 0 Å². The molecule has 0 amide bonds. The number of nitrogen functional groups attached to an aromatic ring is 1. The van der Waals surface area contributed by atoms with E-state index in [0.29, 0.717) is 5.02 Å². The summed E-state index contributed by atoms with van der Waals surface area (Å²) in [5.41, 5.74) is 2.77. The fourth-order valence-corrected chi connectivity index (χ4v) is 5.65. The van der Waals surface area contributed by atoms with Gasteiger partial charge in [-0.25, -0.2) is 9.36 Å². The van der Waals surface area contributed by atoms with Gasteiger partial charge in [0, 0.05) is 11.2 Å². The molecule has 6 atom stereocenters. The summed E-state index contributed by atoms with van der Waals surface area (Å²) in [6.07, 6.45) is -1.26. The first kappa shape index (κ1) is 32.0. The number of esters is 1. The largest absolute Gasteiger partial charge is 0.464 e. The van der Waals surface area contributed by atoms with Gasteiger partial charge in [-0.05, 0) is 50.1 Å². The van der Waals surface area contributed by atoms with Crippen LogP contribution < -0.4 is 21.0 Å². The van der Waals surface area contributed by atoms with Crippen LogP contribution in [0.3, 0.4) is 0 Å². The Morgan fingerprint density at radius 2 is 1.95 bits per heavy atom. The number of aliphatic hydroxyl groups is 2. The lowest BCUT2D eigenvalue weighted by molar-refractivity contribution is -0.146. The van der Waals surface area contributed by atoms with E-state index < -0.39 is 56.1 Å². The van der Waals surface area contributed by atoms with Gasteiger partial charge in [-0.15, -0.1) is 0 Å². The molecule has 0 radical (unpaired) electrons. The molecular formula is C25H36ClN4O9P. The minimum absolute atomic E-state index is 0.0294. The molecule has 0 saturated carbocycles. The number of halogens is 1. The van der Waals surface area contributed by atoms with Gasteiger partial charge in [0.15, 0.2) is 6.23 Å². The van der Waals surface area contributed by atoms with Crippen molar-refractivity contribution in [2.45, 2.75) is 70.6 Å². The van der Waals surface area contributed by atoms with Crippen LogP contribution in [0.15, 0.2) is 41.3 Å². The molecule has 1 aromatic heterocycles. The SMILES string of the molecule is CCC(CC)COC(=O)[C@H](C)NP(=O)(OC[C@H]1OC(n2ccc(N)nc2=O)[C@](C)(O)[C@@H]1O)Oc1ccc(Cl)cc1. The van der Waals surface area contributed by atoms with Crippen molar-refractivity contribution in [3.8, 4) is 5.75 Å². The van der Waals surface area contributed by atoms with Gasteiger partial charge in [0.2, 0.25) is 0 Å². The molecular weight excluding hydrogens is 567 g/mol. The van der Waals surface area contributed by atoms with Gasteiger partial charge < -0.3 is 29.9 Å². The molecule has 40 heavy (non-hydrogen) atoms. The van der Waals surface area contributed by atoms with E-state index in [4.69, 9.17) is 35.9 Å². The van der Waals surface area contributed by atoms with E-state index in [2.05, 4.69) is 10.1 Å². The maximum absolute atomic E-state index is 13.8. The third-order valence-corrected chi connectivity index (χ3v) is 8.52. The molecule has 0 bridgehead atoms. The molecule has 2 heterocycles. The van der Waals surface area contributed by atoms with Crippen LogP contribution in [0.1, 0.15) is 46.8 Å². The Hall–Kier alpha value is -2.51. The van der Waals surface area contributed by atoms with E-state index in [1.54, 1.807) is 0 Å². The van der Waals surface area contributed by atoms with Crippen LogP contribution in [0.4, 0.5) is 5.82 Å². The first-order valence-corrected chi connectivity index (χ1v) is 14.8. The molecule has 15 heteroatoms. The lowest BCUT2D eigenvalue weighted by Crippen LogP contribution is -2.46. The van der Waals surface area contributed by atoms with Gasteiger partial charge in [-0.3, -0.25) is 13.9 Å². The van der Waals surface area contributed by atoms with Gasteiger partial charge in [-0.1, -0.05) is 38.3 Å². The molecule has 0 aliphatic carbocycles. The molecule has 5 N–H and O–H groups in total. The molecule has 1 aromatic carbocycles. The maximum Gasteiger partial charge on any atom is 0.459 e. The summed E-state index contributed by atoms with van der Waals surface area (Å²) in [6.45, 7) is 6.35. The number of benzene rings is 1. The fraction of sp³-hybridized carbons (Fsp3) is 0.560. The Morgan fingerprint density at radius 1 is 1.30 bits per heavy atom. The Morgan fingerprint density at radius 3 is 2.55 bits per heavy atom. The van der Waals surface area contributed by atoms with Crippen molar-refractivity contribution in [2.24, 2.45) is 5.92 Å². The summed E-state index contributed by atoms with van der Waals surface area (Å²) < 4.78 is 37.1. The summed E-state index contributed by atoms with van der Waals surface area (Å²) in [5.74, 6) is -0.380. The number of aliphatic hydroxyl groups excluding tert-OH is 1. The standard InChI is InChI=1S/C25H36ClN4O9P/c1-5-16(6-2)13-36-22(32)15(3)29-40(35,39-18-9-7-17(26)8-10-18)37-14-19-21(31)25(4,34)23(38-19)30-12-11-20(27)28-24(30)33/h7-12,15-16,19,21,23,31,34H,5-6,13-14H2,1-4H3,(H,29,35)(H2,27,28,33)/t15-,19+,21+,23?,25+,40?/m0/s1. The van der Waals surface area contributed by atoms with Crippen LogP contribution in [-0.2, 0) is 23.4 Å². The average Bonchev–Trinajstić information content (AvgIpc) is 3.12. The minimum atomic E-state index is -4.32. The molecule has 3 rings (SSSR count). The first-order valence-electron chi connectivity index (χ1n) is 12.8. The van der Waals surface area contributed by atoms with Gasteiger partial charge in [0.1, 0.15) is 35.4 Å². The molecule has 1 fully saturated rings. The summed E-state index contributed by atoms with van der Waals surface area (Å²) in [7, 11) is -4.32. The van der Waals surface area contributed by atoms with Crippen LogP contribution in [0.2, 0.25) is 5.02 Å². The molecule has 1 saturated heterocycles. The zero-order chi connectivity index (χ0) is 29.7. The molecule has 0 spiro atoms. The number of nitrogens with one attached hydrogen (secondary N) is 1. The quantitative estimate of drug-likeness (QED) is 0.194. The number of hydrogen-bond donors (Lipinski definition) is 4. The summed E-state index contributed by atoms with van der Waals surface area (Å²) in [6, 6.07) is 6.17. The summed E-state index contributed by atoms with van der Waals surface area (Å²) >= 11 is 5.93. The van der Waals surface area contributed by atoms with Crippen LogP contribution in [0.5, 0.6) is 5.75 Å². The van der Waals surface area contributed by atoms with E-state index in [9.17, 15) is 24.4 Å². The predicted octanol–water partition coefficient (Wildman–Crippen LogP) is 2.65. The van der Waals surface area contributed by atoms with Gasteiger partial charge in [-0.2, -0.15) is 10.1 Å². The van der Waals surface area contributed by atoms with Crippen molar-refractivity contribution in [2.75, 3.05) is 18.9 Å². The third kappa shape index (κ3) is 7.82. The van der Waals surface area contributed by atoms with Crippen molar-refractivity contribution in [1.82, 2.24) is 14.6 Å². The molecule has 1 aliphatic rings. The number of carbonyl (C=O) groups is 1. The highest BCUT2D eigenvalue weighted by molar-refractivity contribution is 7.52. The fourth-order valence-electron chi connectivity index (χ4n) is 4.02. The lowest BCUT2D eigenvalue weighted by Gasteiger charge is -2.27. The second kappa shape index (κ2) is 13.4. The second-order valence-corrected chi connectivity index (χ2v) is 11.9. The number of ether oxygens (including phenoxy) is 2. The smallest absolute Gasteiger partial charge is 0.459 e. The van der Waals surface area contributed by atoms with E-state index in [0.717, 1.165) is 17.4 Å². The van der Waals surface area contributed by atoms with Crippen molar-refractivity contribution in [1.29, 1.82) is 0 Å². The number of aromatic nitrogens is 2. The van der Waals surface area contributed by atoms with E-state index in [1.807, 2.05) is 13.8 Å². The molecule has 222 valence electrons. The van der Waals surface area contributed by atoms with Crippen molar-refractivity contribution >= 4 is 31.1 Å².